The molecule has 2 rings (SSSR count). The van der Waals surface area contributed by atoms with Gasteiger partial charge in [0, 0.05) is 18.7 Å². The van der Waals surface area contributed by atoms with Crippen LogP contribution in [-0.4, -0.2) is 12.3 Å². The molecule has 0 amide bonds. The van der Waals surface area contributed by atoms with Crippen molar-refractivity contribution in [2.75, 3.05) is 11.6 Å². The lowest BCUT2D eigenvalue weighted by Crippen LogP contribution is -2.11. The van der Waals surface area contributed by atoms with Crippen molar-refractivity contribution in [3.05, 3.63) is 29.3 Å². The molecule has 1 aliphatic rings. The summed E-state index contributed by atoms with van der Waals surface area (Å²) in [6, 6.07) is 6.56. The van der Waals surface area contributed by atoms with E-state index in [9.17, 15) is 0 Å². The van der Waals surface area contributed by atoms with Gasteiger partial charge in [-0.1, -0.05) is 19.9 Å². The Morgan fingerprint density at radius 3 is 2.50 bits per heavy atom. The van der Waals surface area contributed by atoms with Crippen molar-refractivity contribution in [3.8, 4) is 0 Å². The highest BCUT2D eigenvalue weighted by Gasteiger charge is 2.18. The standard InChI is InChI=1S/C14H20N2/c1-10(2)14-7-8-16(15-14)13-6-5-11(3)12(4)9-13/h5-6,9-10H,7-8H2,1-4H3. The first-order valence-corrected chi connectivity index (χ1v) is 6.00. The van der Waals surface area contributed by atoms with E-state index in [1.54, 1.807) is 0 Å². The van der Waals surface area contributed by atoms with Crippen LogP contribution in [-0.2, 0) is 0 Å². The molecule has 2 heteroatoms. The van der Waals surface area contributed by atoms with Gasteiger partial charge in [0.2, 0.25) is 0 Å². The Bertz CT molecular complexity index is 419. The quantitative estimate of drug-likeness (QED) is 0.738. The average molecular weight is 216 g/mol. The van der Waals surface area contributed by atoms with Gasteiger partial charge < -0.3 is 0 Å². The molecular formula is C14H20N2. The number of benzene rings is 1. The van der Waals surface area contributed by atoms with E-state index in [1.807, 2.05) is 0 Å². The maximum absolute atomic E-state index is 4.68. The fourth-order valence-corrected chi connectivity index (χ4v) is 1.95. The second-order valence-electron chi connectivity index (χ2n) is 4.89. The third-order valence-electron chi connectivity index (χ3n) is 3.28. The van der Waals surface area contributed by atoms with E-state index >= 15 is 0 Å². The highest BCUT2D eigenvalue weighted by atomic mass is 15.5. The van der Waals surface area contributed by atoms with E-state index in [1.165, 1.54) is 22.5 Å². The van der Waals surface area contributed by atoms with Gasteiger partial charge in [-0.05, 0) is 43.0 Å². The fraction of sp³-hybridized carbons (Fsp3) is 0.500. The van der Waals surface area contributed by atoms with E-state index in [0.29, 0.717) is 5.92 Å². The molecule has 1 aromatic carbocycles. The van der Waals surface area contributed by atoms with E-state index < -0.39 is 0 Å². The van der Waals surface area contributed by atoms with Crippen LogP contribution in [0.2, 0.25) is 0 Å². The van der Waals surface area contributed by atoms with Gasteiger partial charge in [0.1, 0.15) is 0 Å². The van der Waals surface area contributed by atoms with Crippen LogP contribution in [0.4, 0.5) is 5.69 Å². The zero-order chi connectivity index (χ0) is 11.7. The highest BCUT2D eigenvalue weighted by molar-refractivity contribution is 5.89. The fourth-order valence-electron chi connectivity index (χ4n) is 1.95. The topological polar surface area (TPSA) is 15.6 Å². The monoisotopic (exact) mass is 216 g/mol. The van der Waals surface area contributed by atoms with Gasteiger partial charge in [-0.25, -0.2) is 0 Å². The largest absolute Gasteiger partial charge is 0.265 e. The molecule has 0 spiro atoms. The van der Waals surface area contributed by atoms with Crippen molar-refractivity contribution in [2.45, 2.75) is 34.1 Å². The minimum atomic E-state index is 0.566. The summed E-state index contributed by atoms with van der Waals surface area (Å²) < 4.78 is 0. The molecule has 2 nitrogen and oxygen atoms in total. The predicted octanol–water partition coefficient (Wildman–Crippen LogP) is 3.53. The van der Waals surface area contributed by atoms with Crippen LogP contribution in [0, 0.1) is 19.8 Å². The van der Waals surface area contributed by atoms with E-state index in [0.717, 1.165) is 13.0 Å². The first kappa shape index (κ1) is 11.2. The van der Waals surface area contributed by atoms with Crippen molar-refractivity contribution in [3.63, 3.8) is 0 Å². The molecule has 16 heavy (non-hydrogen) atoms. The first-order valence-electron chi connectivity index (χ1n) is 6.00. The molecule has 0 N–H and O–H groups in total. The molecule has 0 fully saturated rings. The van der Waals surface area contributed by atoms with Crippen molar-refractivity contribution in [2.24, 2.45) is 11.0 Å². The molecule has 1 aliphatic heterocycles. The number of hydrogen-bond donors (Lipinski definition) is 0. The summed E-state index contributed by atoms with van der Waals surface area (Å²) in [7, 11) is 0. The van der Waals surface area contributed by atoms with Gasteiger partial charge in [-0.15, -0.1) is 0 Å². The molecular weight excluding hydrogens is 196 g/mol. The molecule has 0 aromatic heterocycles. The molecule has 0 unspecified atom stereocenters. The highest BCUT2D eigenvalue weighted by Crippen LogP contribution is 2.23. The number of rotatable bonds is 2. The van der Waals surface area contributed by atoms with Gasteiger partial charge in [-0.2, -0.15) is 5.10 Å². The van der Waals surface area contributed by atoms with Crippen LogP contribution >= 0.6 is 0 Å². The Morgan fingerprint density at radius 1 is 1.19 bits per heavy atom. The summed E-state index contributed by atoms with van der Waals surface area (Å²) in [5.74, 6) is 0.566. The van der Waals surface area contributed by atoms with Crippen LogP contribution in [0.5, 0.6) is 0 Å². The zero-order valence-corrected chi connectivity index (χ0v) is 10.6. The Hall–Kier alpha value is -1.31. The minimum Gasteiger partial charge on any atom is -0.265 e. The molecule has 0 aliphatic carbocycles. The number of nitrogens with zero attached hydrogens (tertiary/aromatic N) is 2. The second kappa shape index (κ2) is 4.28. The lowest BCUT2D eigenvalue weighted by atomic mass is 10.1. The maximum atomic E-state index is 4.68. The molecule has 0 saturated carbocycles. The number of anilines is 1. The smallest absolute Gasteiger partial charge is 0.0596 e. The Labute approximate surface area is 98.0 Å². The number of aryl methyl sites for hydroxylation is 2. The second-order valence-corrected chi connectivity index (χ2v) is 4.89. The van der Waals surface area contributed by atoms with E-state index in [-0.39, 0.29) is 0 Å². The first-order chi connectivity index (χ1) is 7.58. The SMILES string of the molecule is Cc1ccc(N2CCC(C(C)C)=N2)cc1C. The molecule has 1 heterocycles. The van der Waals surface area contributed by atoms with Crippen molar-refractivity contribution >= 4 is 11.4 Å². The molecule has 0 bridgehead atoms. The van der Waals surface area contributed by atoms with E-state index in [4.69, 9.17) is 0 Å². The van der Waals surface area contributed by atoms with Gasteiger partial charge in [0.25, 0.3) is 0 Å². The number of hydrogen-bond acceptors (Lipinski definition) is 2. The molecule has 86 valence electrons. The van der Waals surface area contributed by atoms with Gasteiger partial charge in [-0.3, -0.25) is 5.01 Å². The van der Waals surface area contributed by atoms with Crippen LogP contribution in [0.3, 0.4) is 0 Å². The lowest BCUT2D eigenvalue weighted by Gasteiger charge is -2.15. The lowest BCUT2D eigenvalue weighted by molar-refractivity contribution is 0.868. The summed E-state index contributed by atoms with van der Waals surface area (Å²) in [6.07, 6.45) is 1.10. The van der Waals surface area contributed by atoms with Crippen LogP contribution in [0.25, 0.3) is 0 Å². The van der Waals surface area contributed by atoms with Crippen LogP contribution in [0.15, 0.2) is 23.3 Å². The Morgan fingerprint density at radius 2 is 1.94 bits per heavy atom. The van der Waals surface area contributed by atoms with Gasteiger partial charge in [0.15, 0.2) is 0 Å². The summed E-state index contributed by atoms with van der Waals surface area (Å²) in [5, 5.41) is 6.81. The van der Waals surface area contributed by atoms with Gasteiger partial charge >= 0.3 is 0 Å². The minimum absolute atomic E-state index is 0.566. The molecule has 1 aromatic rings. The van der Waals surface area contributed by atoms with Crippen molar-refractivity contribution in [1.29, 1.82) is 0 Å². The normalized spacial score (nSPS) is 15.8. The molecule has 0 atom stereocenters. The summed E-state index contributed by atoms with van der Waals surface area (Å²) in [5.41, 5.74) is 5.22. The third kappa shape index (κ3) is 2.11. The van der Waals surface area contributed by atoms with Crippen LogP contribution < -0.4 is 5.01 Å². The summed E-state index contributed by atoms with van der Waals surface area (Å²) >= 11 is 0. The average Bonchev–Trinajstić information content (AvgIpc) is 2.71. The zero-order valence-electron chi connectivity index (χ0n) is 10.6. The Kier molecular flexibility index (Phi) is 2.99. The van der Waals surface area contributed by atoms with Crippen molar-refractivity contribution in [1.82, 2.24) is 0 Å². The van der Waals surface area contributed by atoms with Crippen LogP contribution in [0.1, 0.15) is 31.4 Å². The van der Waals surface area contributed by atoms with Crippen molar-refractivity contribution < 1.29 is 0 Å². The summed E-state index contributed by atoms with van der Waals surface area (Å²) in [4.78, 5) is 0. The molecule has 0 radical (unpaired) electrons. The third-order valence-corrected chi connectivity index (χ3v) is 3.28. The summed E-state index contributed by atoms with van der Waals surface area (Å²) in [6.45, 7) is 9.75. The predicted molar refractivity (Wildman–Crippen MR) is 70.2 cm³/mol. The van der Waals surface area contributed by atoms with Gasteiger partial charge in [0.05, 0.1) is 5.69 Å². The number of hydrazone groups is 1. The molecule has 0 saturated heterocycles. The van der Waals surface area contributed by atoms with E-state index in [2.05, 4.69) is 56.0 Å². The Balaban J connectivity index is 2.23. The maximum Gasteiger partial charge on any atom is 0.0596 e.